The van der Waals surface area contributed by atoms with Crippen molar-refractivity contribution in [2.24, 2.45) is 4.99 Å². The summed E-state index contributed by atoms with van der Waals surface area (Å²) in [6.45, 7) is 10.0. The number of esters is 1. The number of rotatable bonds is 9. The number of hydrogen-bond donors (Lipinski definition) is 1. The van der Waals surface area contributed by atoms with E-state index in [9.17, 15) is 9.59 Å². The summed E-state index contributed by atoms with van der Waals surface area (Å²) in [5.74, 6) is 0.151. The Kier molecular flexibility index (Phi) is 8.71. The number of para-hydroxylation sites is 1. The number of allylic oxidation sites excluding steroid dienone is 1. The van der Waals surface area contributed by atoms with Gasteiger partial charge in [-0.1, -0.05) is 30.0 Å². The minimum absolute atomic E-state index is 0.0762. The first-order valence-corrected chi connectivity index (χ1v) is 13.1. The lowest BCUT2D eigenvalue weighted by Crippen LogP contribution is -2.42. The second-order valence-corrected chi connectivity index (χ2v) is 9.91. The first kappa shape index (κ1) is 26.2. The number of methoxy groups -OCH3 is 1. The molecule has 1 aromatic carbocycles. The van der Waals surface area contributed by atoms with Crippen LogP contribution in [0.5, 0.6) is 5.75 Å². The molecule has 0 aliphatic carbocycles. The highest BCUT2D eigenvalue weighted by Gasteiger charge is 2.42. The number of fused-ring (bicyclic) bond motifs is 1. The zero-order valence-corrected chi connectivity index (χ0v) is 22.1. The predicted octanol–water partition coefficient (Wildman–Crippen LogP) is 3.06. The third kappa shape index (κ3) is 5.93. The van der Waals surface area contributed by atoms with Gasteiger partial charge in [0.2, 0.25) is 5.91 Å². The summed E-state index contributed by atoms with van der Waals surface area (Å²) in [4.78, 5) is 35.1. The molecule has 1 fully saturated rings. The molecule has 36 heavy (non-hydrogen) atoms. The van der Waals surface area contributed by atoms with Gasteiger partial charge in [-0.3, -0.25) is 9.69 Å². The lowest BCUT2D eigenvalue weighted by atomic mass is 9.93. The fraction of sp³-hybridized carbons (Fsp3) is 0.500. The van der Waals surface area contributed by atoms with Gasteiger partial charge in [-0.25, -0.2) is 9.79 Å². The number of morpholine rings is 1. The van der Waals surface area contributed by atoms with E-state index in [1.54, 1.807) is 7.11 Å². The first-order chi connectivity index (χ1) is 17.4. The third-order valence-corrected chi connectivity index (χ3v) is 7.08. The van der Waals surface area contributed by atoms with Crippen molar-refractivity contribution in [3.05, 3.63) is 52.2 Å². The maximum absolute atomic E-state index is 13.3. The van der Waals surface area contributed by atoms with E-state index in [1.807, 2.05) is 55.3 Å². The van der Waals surface area contributed by atoms with Crippen LogP contribution in [0.25, 0.3) is 0 Å². The number of amidine groups is 1. The maximum atomic E-state index is 13.3. The largest absolute Gasteiger partial charge is 0.496 e. The number of carbonyl (C=O) groups excluding carboxylic acids is 2. The number of hydrogen-bond acceptors (Lipinski definition) is 9. The first-order valence-electron chi connectivity index (χ1n) is 12.2. The van der Waals surface area contributed by atoms with Gasteiger partial charge in [-0.05, 0) is 32.2 Å². The van der Waals surface area contributed by atoms with E-state index in [0.717, 1.165) is 49.3 Å². The second kappa shape index (κ2) is 11.9. The van der Waals surface area contributed by atoms with E-state index in [-0.39, 0.29) is 18.4 Å². The quantitative estimate of drug-likeness (QED) is 0.503. The summed E-state index contributed by atoms with van der Waals surface area (Å²) in [7, 11) is 1.61. The molecule has 0 spiro atoms. The Hall–Kier alpha value is -2.82. The van der Waals surface area contributed by atoms with Gasteiger partial charge in [0.05, 0.1) is 50.2 Å². The molecule has 0 bridgehead atoms. The Balaban J connectivity index is 1.56. The molecular formula is C26H34N4O5S. The highest BCUT2D eigenvalue weighted by molar-refractivity contribution is 8.16. The Morgan fingerprint density at radius 3 is 2.72 bits per heavy atom. The van der Waals surface area contributed by atoms with E-state index in [4.69, 9.17) is 19.2 Å². The van der Waals surface area contributed by atoms with E-state index in [2.05, 4.69) is 10.2 Å². The van der Waals surface area contributed by atoms with Gasteiger partial charge in [0.15, 0.2) is 5.17 Å². The molecule has 3 heterocycles. The summed E-state index contributed by atoms with van der Waals surface area (Å²) in [6.07, 6.45) is -0.103. The smallest absolute Gasteiger partial charge is 0.338 e. The number of aliphatic imine (C=N–C) groups is 1. The number of ether oxygens (including phenoxy) is 3. The van der Waals surface area contributed by atoms with Crippen molar-refractivity contribution in [1.29, 1.82) is 0 Å². The SMILES string of the molecule is COc1ccccc1[C@H]1C(C(=O)OC(C)C)=C(C)N=C2SC=C(CC(=O)NCCN3CCOCC3)N21. The topological polar surface area (TPSA) is 92.7 Å². The van der Waals surface area contributed by atoms with Crippen LogP contribution in [0.1, 0.15) is 38.8 Å². The summed E-state index contributed by atoms with van der Waals surface area (Å²) in [5, 5.41) is 5.69. The van der Waals surface area contributed by atoms with E-state index < -0.39 is 12.0 Å². The van der Waals surface area contributed by atoms with Gasteiger partial charge in [0.1, 0.15) is 5.75 Å². The second-order valence-electron chi connectivity index (χ2n) is 9.07. The maximum Gasteiger partial charge on any atom is 0.338 e. The van der Waals surface area contributed by atoms with E-state index >= 15 is 0 Å². The molecule has 4 rings (SSSR count). The molecule has 3 aliphatic heterocycles. The van der Waals surface area contributed by atoms with Crippen molar-refractivity contribution in [1.82, 2.24) is 15.1 Å². The minimum atomic E-state index is -0.526. The highest BCUT2D eigenvalue weighted by Crippen LogP contribution is 2.46. The molecule has 9 nitrogen and oxygen atoms in total. The molecule has 0 unspecified atom stereocenters. The van der Waals surface area contributed by atoms with Gasteiger partial charge in [0.25, 0.3) is 0 Å². The average molecular weight is 515 g/mol. The third-order valence-electron chi connectivity index (χ3n) is 6.19. The van der Waals surface area contributed by atoms with Crippen molar-refractivity contribution in [3.8, 4) is 5.75 Å². The Morgan fingerprint density at radius 1 is 1.25 bits per heavy atom. The zero-order valence-electron chi connectivity index (χ0n) is 21.3. The van der Waals surface area contributed by atoms with Gasteiger partial charge in [-0.2, -0.15) is 0 Å². The van der Waals surface area contributed by atoms with Crippen LogP contribution in [0.4, 0.5) is 0 Å². The number of benzene rings is 1. The van der Waals surface area contributed by atoms with E-state index in [0.29, 0.717) is 23.6 Å². The molecule has 3 aliphatic rings. The average Bonchev–Trinajstić information content (AvgIpc) is 3.25. The van der Waals surface area contributed by atoms with Crippen LogP contribution in [0.3, 0.4) is 0 Å². The van der Waals surface area contributed by atoms with Crippen molar-refractivity contribution in [2.45, 2.75) is 39.3 Å². The normalized spacial score (nSPS) is 20.1. The molecule has 1 saturated heterocycles. The van der Waals surface area contributed by atoms with Gasteiger partial charge in [-0.15, -0.1) is 0 Å². The molecule has 1 aromatic rings. The van der Waals surface area contributed by atoms with E-state index in [1.165, 1.54) is 11.8 Å². The molecule has 1 N–H and O–H groups in total. The lowest BCUT2D eigenvalue weighted by molar-refractivity contribution is -0.143. The molecule has 0 radical (unpaired) electrons. The van der Waals surface area contributed by atoms with Gasteiger partial charge >= 0.3 is 5.97 Å². The molecule has 194 valence electrons. The van der Waals surface area contributed by atoms with Crippen molar-refractivity contribution in [3.63, 3.8) is 0 Å². The molecule has 0 saturated carbocycles. The number of nitrogens with zero attached hydrogens (tertiary/aromatic N) is 3. The van der Waals surface area contributed by atoms with Crippen molar-refractivity contribution >= 4 is 28.8 Å². The number of carbonyl (C=O) groups is 2. The molecule has 1 atom stereocenters. The zero-order chi connectivity index (χ0) is 25.7. The van der Waals surface area contributed by atoms with Crippen LogP contribution in [0.15, 0.2) is 51.6 Å². The molecule has 0 aromatic heterocycles. The number of nitrogens with one attached hydrogen (secondary N) is 1. The summed E-state index contributed by atoms with van der Waals surface area (Å²) >= 11 is 1.45. The monoisotopic (exact) mass is 514 g/mol. The van der Waals surface area contributed by atoms with Crippen LogP contribution in [-0.4, -0.2) is 79.5 Å². The van der Waals surface area contributed by atoms with Crippen molar-refractivity contribution < 1.29 is 23.8 Å². The molecule has 1 amide bonds. The summed E-state index contributed by atoms with van der Waals surface area (Å²) in [5.41, 5.74) is 2.63. The Morgan fingerprint density at radius 2 is 2.00 bits per heavy atom. The number of thioether (sulfide) groups is 1. The van der Waals surface area contributed by atoms with Gasteiger partial charge < -0.3 is 24.4 Å². The van der Waals surface area contributed by atoms with Crippen LogP contribution < -0.4 is 10.1 Å². The Labute approximate surface area is 216 Å². The highest BCUT2D eigenvalue weighted by atomic mass is 32.2. The molecule has 10 heteroatoms. The van der Waals surface area contributed by atoms with Crippen LogP contribution in [0.2, 0.25) is 0 Å². The summed E-state index contributed by atoms with van der Waals surface area (Å²) in [6, 6.07) is 7.08. The molecular weight excluding hydrogens is 480 g/mol. The fourth-order valence-electron chi connectivity index (χ4n) is 4.50. The minimum Gasteiger partial charge on any atom is -0.496 e. The Bertz CT molecular complexity index is 1080. The predicted molar refractivity (Wildman–Crippen MR) is 139 cm³/mol. The van der Waals surface area contributed by atoms with Crippen LogP contribution >= 0.6 is 11.8 Å². The van der Waals surface area contributed by atoms with Crippen molar-refractivity contribution in [2.75, 3.05) is 46.5 Å². The fourth-order valence-corrected chi connectivity index (χ4v) is 5.46. The lowest BCUT2D eigenvalue weighted by Gasteiger charge is -2.37. The number of amides is 1. The van der Waals surface area contributed by atoms with Gasteiger partial charge in [0, 0.05) is 37.4 Å². The van der Waals surface area contributed by atoms with Crippen LogP contribution in [0, 0.1) is 0 Å². The standard InChI is InChI=1S/C26H34N4O5S/c1-17(2)35-25(32)23-18(3)28-26-30(24(23)20-7-5-6-8-21(20)33-4)19(16-36-26)15-22(31)27-9-10-29-11-13-34-14-12-29/h5-8,16-17,24H,9-15H2,1-4H3,(H,27,31)/t24-/m0/s1. The van der Waals surface area contributed by atoms with Crippen LogP contribution in [-0.2, 0) is 19.1 Å². The summed E-state index contributed by atoms with van der Waals surface area (Å²) < 4.78 is 16.6.